The molecule has 102 valence electrons. The number of halogens is 1. The topological polar surface area (TPSA) is 55.4 Å². The Labute approximate surface area is 122 Å². The molecule has 0 aliphatic carbocycles. The summed E-state index contributed by atoms with van der Waals surface area (Å²) in [6.07, 6.45) is 0. The highest BCUT2D eigenvalue weighted by molar-refractivity contribution is 14.1. The van der Waals surface area contributed by atoms with E-state index in [-0.39, 0.29) is 16.9 Å². The van der Waals surface area contributed by atoms with Crippen molar-refractivity contribution in [2.24, 2.45) is 5.92 Å². The summed E-state index contributed by atoms with van der Waals surface area (Å²) in [5.74, 6) is 0.920. The van der Waals surface area contributed by atoms with Gasteiger partial charge >= 0.3 is 0 Å². The first-order valence-electron chi connectivity index (χ1n) is 5.64. The van der Waals surface area contributed by atoms with Crippen molar-refractivity contribution in [3.8, 4) is 5.75 Å². The monoisotopic (exact) mass is 383 g/mol. The third kappa shape index (κ3) is 3.83. The van der Waals surface area contributed by atoms with Crippen molar-refractivity contribution < 1.29 is 13.2 Å². The van der Waals surface area contributed by atoms with Gasteiger partial charge in [0.25, 0.3) is 0 Å². The van der Waals surface area contributed by atoms with Crippen LogP contribution in [0.5, 0.6) is 5.75 Å². The molecule has 0 saturated carbocycles. The maximum absolute atomic E-state index is 12.1. The lowest BCUT2D eigenvalue weighted by atomic mass is 10.1. The first-order valence-corrected chi connectivity index (χ1v) is 8.20. The summed E-state index contributed by atoms with van der Waals surface area (Å²) in [7, 11) is -1.90. The van der Waals surface area contributed by atoms with Crippen molar-refractivity contribution >= 4 is 32.6 Å². The molecular weight excluding hydrogens is 365 g/mol. The van der Waals surface area contributed by atoms with Crippen LogP contribution in [-0.2, 0) is 10.0 Å². The second-order valence-corrected chi connectivity index (χ2v) is 7.33. The van der Waals surface area contributed by atoms with Gasteiger partial charge in [-0.2, -0.15) is 0 Å². The Morgan fingerprint density at radius 2 is 1.89 bits per heavy atom. The standard InChI is InChI=1S/C12H18INO3S/c1-8(2)9(3)14-18(15,16)10-5-6-12(17-4)11(13)7-10/h5-9,14H,1-4H3/t9-/m1/s1. The van der Waals surface area contributed by atoms with Crippen LogP contribution in [0.4, 0.5) is 0 Å². The number of rotatable bonds is 5. The van der Waals surface area contributed by atoms with Gasteiger partial charge in [0.15, 0.2) is 0 Å². The van der Waals surface area contributed by atoms with Crippen molar-refractivity contribution in [1.82, 2.24) is 4.72 Å². The van der Waals surface area contributed by atoms with Gasteiger partial charge in [0, 0.05) is 6.04 Å². The van der Waals surface area contributed by atoms with Crippen molar-refractivity contribution in [3.63, 3.8) is 0 Å². The minimum absolute atomic E-state index is 0.102. The number of hydrogen-bond acceptors (Lipinski definition) is 3. The lowest BCUT2D eigenvalue weighted by molar-refractivity contribution is 0.411. The molecule has 1 N–H and O–H groups in total. The molecule has 0 bridgehead atoms. The maximum Gasteiger partial charge on any atom is 0.240 e. The van der Waals surface area contributed by atoms with E-state index in [1.165, 1.54) is 0 Å². The molecule has 1 aromatic carbocycles. The van der Waals surface area contributed by atoms with E-state index < -0.39 is 10.0 Å². The van der Waals surface area contributed by atoms with Crippen molar-refractivity contribution in [2.45, 2.75) is 31.7 Å². The summed E-state index contributed by atoms with van der Waals surface area (Å²) >= 11 is 2.06. The third-order valence-corrected chi connectivity index (χ3v) is 5.17. The number of ether oxygens (including phenoxy) is 1. The van der Waals surface area contributed by atoms with Gasteiger partial charge < -0.3 is 4.74 Å². The molecule has 1 atom stereocenters. The van der Waals surface area contributed by atoms with Crippen LogP contribution in [0.2, 0.25) is 0 Å². The number of benzene rings is 1. The molecule has 0 aliphatic rings. The van der Waals surface area contributed by atoms with E-state index in [0.717, 1.165) is 3.57 Å². The van der Waals surface area contributed by atoms with E-state index in [1.807, 2.05) is 20.8 Å². The average molecular weight is 383 g/mol. The molecule has 1 aromatic rings. The minimum atomic E-state index is -3.46. The molecule has 0 aromatic heterocycles. The summed E-state index contributed by atoms with van der Waals surface area (Å²) in [4.78, 5) is 0.264. The van der Waals surface area contributed by atoms with Gasteiger partial charge in [0.2, 0.25) is 10.0 Å². The second-order valence-electron chi connectivity index (χ2n) is 4.45. The van der Waals surface area contributed by atoms with Crippen LogP contribution in [0.3, 0.4) is 0 Å². The average Bonchev–Trinajstić information content (AvgIpc) is 2.28. The molecule has 0 spiro atoms. The molecule has 0 saturated heterocycles. The highest BCUT2D eigenvalue weighted by Crippen LogP contribution is 2.24. The molecule has 0 fully saturated rings. The number of methoxy groups -OCH3 is 1. The minimum Gasteiger partial charge on any atom is -0.496 e. The lowest BCUT2D eigenvalue weighted by Gasteiger charge is -2.17. The zero-order valence-corrected chi connectivity index (χ0v) is 13.9. The van der Waals surface area contributed by atoms with Crippen LogP contribution in [0.1, 0.15) is 20.8 Å². The largest absolute Gasteiger partial charge is 0.496 e. The van der Waals surface area contributed by atoms with E-state index in [4.69, 9.17) is 4.74 Å². The lowest BCUT2D eigenvalue weighted by Crippen LogP contribution is -2.36. The van der Waals surface area contributed by atoms with E-state index >= 15 is 0 Å². The number of hydrogen-bond donors (Lipinski definition) is 1. The first-order chi connectivity index (χ1) is 8.27. The molecule has 0 radical (unpaired) electrons. The molecular formula is C12H18INO3S. The molecule has 0 amide bonds. The molecule has 6 heteroatoms. The Kier molecular flexibility index (Phi) is 5.42. The Balaban J connectivity index is 3.02. The normalized spacial score (nSPS) is 13.7. The van der Waals surface area contributed by atoms with Crippen LogP contribution >= 0.6 is 22.6 Å². The predicted molar refractivity (Wildman–Crippen MR) is 80.3 cm³/mol. The van der Waals surface area contributed by atoms with Crippen LogP contribution in [0.25, 0.3) is 0 Å². The van der Waals surface area contributed by atoms with Crippen molar-refractivity contribution in [3.05, 3.63) is 21.8 Å². The Morgan fingerprint density at radius 1 is 1.28 bits per heavy atom. The van der Waals surface area contributed by atoms with Gasteiger partial charge in [-0.1, -0.05) is 13.8 Å². The highest BCUT2D eigenvalue weighted by Gasteiger charge is 2.20. The molecule has 4 nitrogen and oxygen atoms in total. The summed E-state index contributed by atoms with van der Waals surface area (Å²) < 4.78 is 32.8. The Hall–Kier alpha value is -0.340. The molecule has 0 unspecified atom stereocenters. The fourth-order valence-corrected chi connectivity index (χ4v) is 3.63. The van der Waals surface area contributed by atoms with Crippen LogP contribution in [0.15, 0.2) is 23.1 Å². The van der Waals surface area contributed by atoms with Gasteiger partial charge in [-0.05, 0) is 53.6 Å². The summed E-state index contributed by atoms with van der Waals surface area (Å²) in [6.45, 7) is 5.81. The van der Waals surface area contributed by atoms with Gasteiger partial charge in [-0.15, -0.1) is 0 Å². The number of nitrogens with one attached hydrogen (secondary N) is 1. The molecule has 0 heterocycles. The summed E-state index contributed by atoms with van der Waals surface area (Å²) in [6, 6.07) is 4.72. The van der Waals surface area contributed by atoms with E-state index in [9.17, 15) is 8.42 Å². The quantitative estimate of drug-likeness (QED) is 0.796. The van der Waals surface area contributed by atoms with Gasteiger partial charge in [0.1, 0.15) is 5.75 Å². The molecule has 0 aliphatic heterocycles. The first kappa shape index (κ1) is 15.7. The van der Waals surface area contributed by atoms with Crippen molar-refractivity contribution in [2.75, 3.05) is 7.11 Å². The fourth-order valence-electron chi connectivity index (χ4n) is 1.26. The second kappa shape index (κ2) is 6.21. The Morgan fingerprint density at radius 3 is 2.33 bits per heavy atom. The van der Waals surface area contributed by atoms with Crippen LogP contribution in [0, 0.1) is 9.49 Å². The smallest absolute Gasteiger partial charge is 0.240 e. The van der Waals surface area contributed by atoms with Crippen molar-refractivity contribution in [1.29, 1.82) is 0 Å². The molecule has 1 rings (SSSR count). The zero-order valence-electron chi connectivity index (χ0n) is 10.9. The Bertz CT molecular complexity index is 514. The predicted octanol–water partition coefficient (Wildman–Crippen LogP) is 2.62. The van der Waals surface area contributed by atoms with Crippen LogP contribution < -0.4 is 9.46 Å². The van der Waals surface area contributed by atoms with E-state index in [2.05, 4.69) is 27.3 Å². The summed E-state index contributed by atoms with van der Waals surface area (Å²) in [5, 5.41) is 0. The van der Waals surface area contributed by atoms with Gasteiger partial charge in [0.05, 0.1) is 15.6 Å². The van der Waals surface area contributed by atoms with Gasteiger partial charge in [-0.25, -0.2) is 13.1 Å². The SMILES string of the molecule is COc1ccc(S(=O)(=O)N[C@H](C)C(C)C)cc1I. The maximum atomic E-state index is 12.1. The van der Waals surface area contributed by atoms with E-state index in [1.54, 1.807) is 25.3 Å². The van der Waals surface area contributed by atoms with Gasteiger partial charge in [-0.3, -0.25) is 0 Å². The zero-order chi connectivity index (χ0) is 13.9. The molecule has 18 heavy (non-hydrogen) atoms. The fraction of sp³-hybridized carbons (Fsp3) is 0.500. The third-order valence-electron chi connectivity index (χ3n) is 2.77. The highest BCUT2D eigenvalue weighted by atomic mass is 127. The van der Waals surface area contributed by atoms with E-state index in [0.29, 0.717) is 5.75 Å². The number of sulfonamides is 1. The van der Waals surface area contributed by atoms with Crippen LogP contribution in [-0.4, -0.2) is 21.6 Å². The summed E-state index contributed by atoms with van der Waals surface area (Å²) in [5.41, 5.74) is 0.